The van der Waals surface area contributed by atoms with Crippen molar-refractivity contribution in [3.63, 3.8) is 0 Å². The first kappa shape index (κ1) is 22.3. The van der Waals surface area contributed by atoms with E-state index in [9.17, 15) is 0 Å². The van der Waals surface area contributed by atoms with Crippen LogP contribution in [0.3, 0.4) is 0 Å². The van der Waals surface area contributed by atoms with Crippen LogP contribution < -0.4 is 5.32 Å². The van der Waals surface area contributed by atoms with Gasteiger partial charge in [-0.25, -0.2) is 0 Å². The summed E-state index contributed by atoms with van der Waals surface area (Å²) in [4.78, 5) is 13.7. The summed E-state index contributed by atoms with van der Waals surface area (Å²) >= 11 is 1.87. The number of likely N-dealkylation sites (tertiary alicyclic amines) is 2. The van der Waals surface area contributed by atoms with Gasteiger partial charge in [0.2, 0.25) is 0 Å². The Morgan fingerprint density at radius 1 is 1.25 bits per heavy atom. The number of ether oxygens (including phenoxy) is 1. The van der Waals surface area contributed by atoms with Gasteiger partial charge >= 0.3 is 0 Å². The molecule has 6 nitrogen and oxygen atoms in total. The van der Waals surface area contributed by atoms with Gasteiger partial charge in [0, 0.05) is 50.7 Å². The number of thiophene rings is 1. The van der Waals surface area contributed by atoms with Crippen molar-refractivity contribution >= 4 is 41.3 Å². The zero-order chi connectivity index (χ0) is 18.5. The molecule has 8 heteroatoms. The summed E-state index contributed by atoms with van der Waals surface area (Å²) < 4.78 is 5.51. The molecule has 158 valence electrons. The molecular weight excluding hydrogens is 485 g/mol. The number of guanidine groups is 1. The van der Waals surface area contributed by atoms with Crippen molar-refractivity contribution in [2.75, 3.05) is 66.1 Å². The highest BCUT2D eigenvalue weighted by Crippen LogP contribution is 2.28. The minimum absolute atomic E-state index is 0. The molecule has 3 aliphatic rings. The lowest BCUT2D eigenvalue weighted by atomic mass is 10.2. The third-order valence-electron chi connectivity index (χ3n) is 6.14. The molecule has 0 radical (unpaired) electrons. The topological polar surface area (TPSA) is 43.3 Å². The zero-order valence-electron chi connectivity index (χ0n) is 16.9. The van der Waals surface area contributed by atoms with Crippen LogP contribution in [0.2, 0.25) is 0 Å². The molecule has 2 unspecified atom stereocenters. The van der Waals surface area contributed by atoms with Crippen molar-refractivity contribution < 1.29 is 4.74 Å². The summed E-state index contributed by atoms with van der Waals surface area (Å²) in [5, 5.41) is 5.89. The third-order valence-corrected chi connectivity index (χ3v) is 7.12. The largest absolute Gasteiger partial charge is 0.379 e. The van der Waals surface area contributed by atoms with Crippen LogP contribution in [-0.4, -0.2) is 92.8 Å². The Balaban J connectivity index is 0.00000225. The molecule has 28 heavy (non-hydrogen) atoms. The molecule has 3 saturated heterocycles. The van der Waals surface area contributed by atoms with Crippen LogP contribution in [0.25, 0.3) is 0 Å². The average molecular weight is 519 g/mol. The summed E-state index contributed by atoms with van der Waals surface area (Å²) in [5.41, 5.74) is 0. The first-order valence-corrected chi connectivity index (χ1v) is 11.3. The molecular formula is C20H34IN5OS. The molecule has 1 aromatic rings. The smallest absolute Gasteiger partial charge is 0.193 e. The molecule has 4 rings (SSSR count). The van der Waals surface area contributed by atoms with E-state index in [1.165, 1.54) is 37.2 Å². The van der Waals surface area contributed by atoms with Crippen molar-refractivity contribution in [3.8, 4) is 0 Å². The van der Waals surface area contributed by atoms with Gasteiger partial charge in [0.15, 0.2) is 5.96 Å². The number of nitrogens with zero attached hydrogens (tertiary/aromatic N) is 4. The molecule has 4 heterocycles. The highest BCUT2D eigenvalue weighted by molar-refractivity contribution is 14.0. The monoisotopic (exact) mass is 519 g/mol. The number of nitrogens with one attached hydrogen (secondary N) is 1. The van der Waals surface area contributed by atoms with E-state index < -0.39 is 0 Å². The summed E-state index contributed by atoms with van der Waals surface area (Å²) in [5.74, 6) is 1.06. The number of rotatable bonds is 5. The highest BCUT2D eigenvalue weighted by atomic mass is 127. The van der Waals surface area contributed by atoms with Gasteiger partial charge in [-0.3, -0.25) is 14.8 Å². The summed E-state index contributed by atoms with van der Waals surface area (Å²) in [6, 6.07) is 5.55. The number of aliphatic imine (C=N–C) groups is 1. The zero-order valence-corrected chi connectivity index (χ0v) is 20.0. The van der Waals surface area contributed by atoms with Crippen molar-refractivity contribution in [1.82, 2.24) is 20.0 Å². The second-order valence-corrected chi connectivity index (χ2v) is 8.72. The average Bonchev–Trinajstić information content (AvgIpc) is 3.49. The molecule has 3 aliphatic heterocycles. The van der Waals surface area contributed by atoms with Gasteiger partial charge in [-0.05, 0) is 43.8 Å². The molecule has 2 atom stereocenters. The Hall–Kier alpha value is -0.420. The fourth-order valence-electron chi connectivity index (χ4n) is 4.64. The van der Waals surface area contributed by atoms with Crippen molar-refractivity contribution in [1.29, 1.82) is 0 Å². The van der Waals surface area contributed by atoms with Gasteiger partial charge in [-0.15, -0.1) is 35.3 Å². The number of hydrogen-bond donors (Lipinski definition) is 1. The summed E-state index contributed by atoms with van der Waals surface area (Å²) in [7, 11) is 1.92. The number of halogens is 1. The fraction of sp³-hybridized carbons (Fsp3) is 0.750. The summed E-state index contributed by atoms with van der Waals surface area (Å²) in [6.45, 7) is 9.43. The lowest BCUT2D eigenvalue weighted by molar-refractivity contribution is 0.0194. The maximum atomic E-state index is 5.51. The Morgan fingerprint density at radius 3 is 2.71 bits per heavy atom. The van der Waals surface area contributed by atoms with E-state index in [1.807, 2.05) is 18.4 Å². The molecule has 0 amide bonds. The molecule has 3 fully saturated rings. The van der Waals surface area contributed by atoms with Crippen LogP contribution in [0.4, 0.5) is 0 Å². The standard InChI is InChI=1S/C20H33N5OS.HI/c1-21-20(25-9-6-17(16-25)23-10-12-26-13-11-23)22-15-18(19-5-4-14-27-19)24-7-2-3-8-24;/h4-5,14,17-18H,2-3,6-13,15-16H2,1H3,(H,21,22);1H. The van der Waals surface area contributed by atoms with Crippen molar-refractivity contribution in [2.45, 2.75) is 31.3 Å². The van der Waals surface area contributed by atoms with Crippen LogP contribution in [0.1, 0.15) is 30.2 Å². The lowest BCUT2D eigenvalue weighted by Gasteiger charge is -2.32. The SMILES string of the molecule is CN=C(NCC(c1cccs1)N1CCCC1)N1CCC(N2CCOCC2)C1.I. The quantitative estimate of drug-likeness (QED) is 0.368. The van der Waals surface area contributed by atoms with Crippen molar-refractivity contribution in [2.24, 2.45) is 4.99 Å². The Morgan fingerprint density at radius 2 is 2.04 bits per heavy atom. The molecule has 0 aromatic carbocycles. The van der Waals surface area contributed by atoms with Crippen molar-refractivity contribution in [3.05, 3.63) is 22.4 Å². The highest BCUT2D eigenvalue weighted by Gasteiger charge is 2.31. The second-order valence-electron chi connectivity index (χ2n) is 7.74. The second kappa shape index (κ2) is 11.1. The van der Waals surface area contributed by atoms with Gasteiger partial charge in [-0.1, -0.05) is 6.07 Å². The van der Waals surface area contributed by atoms with Gasteiger partial charge in [-0.2, -0.15) is 0 Å². The van der Waals surface area contributed by atoms with Gasteiger partial charge in [0.25, 0.3) is 0 Å². The van der Waals surface area contributed by atoms with E-state index in [2.05, 4.69) is 42.5 Å². The predicted octanol–water partition coefficient (Wildman–Crippen LogP) is 2.48. The minimum atomic E-state index is 0. The Labute approximate surface area is 190 Å². The first-order chi connectivity index (χ1) is 13.3. The van der Waals surface area contributed by atoms with Gasteiger partial charge < -0.3 is 15.0 Å². The Bertz CT molecular complexity index is 602. The third kappa shape index (κ3) is 5.38. The minimum Gasteiger partial charge on any atom is -0.379 e. The van der Waals surface area contributed by atoms with Crippen LogP contribution in [0.5, 0.6) is 0 Å². The summed E-state index contributed by atoms with van der Waals surface area (Å²) in [6.07, 6.45) is 3.87. The Kier molecular flexibility index (Phi) is 8.83. The molecule has 0 spiro atoms. The van der Waals surface area contributed by atoms with Crippen LogP contribution >= 0.6 is 35.3 Å². The van der Waals surface area contributed by atoms with E-state index in [0.717, 1.165) is 51.9 Å². The maximum absolute atomic E-state index is 5.51. The fourth-order valence-corrected chi connectivity index (χ4v) is 5.50. The van der Waals surface area contributed by atoms with E-state index in [1.54, 1.807) is 0 Å². The van der Waals surface area contributed by atoms with E-state index in [0.29, 0.717) is 12.1 Å². The predicted molar refractivity (Wildman–Crippen MR) is 127 cm³/mol. The molecule has 0 saturated carbocycles. The van der Waals surface area contributed by atoms with E-state index in [4.69, 9.17) is 4.74 Å². The molecule has 1 N–H and O–H groups in total. The van der Waals surface area contributed by atoms with Crippen LogP contribution in [0, 0.1) is 0 Å². The molecule has 1 aromatic heterocycles. The van der Waals surface area contributed by atoms with Gasteiger partial charge in [0.05, 0.1) is 19.3 Å². The van der Waals surface area contributed by atoms with E-state index >= 15 is 0 Å². The lowest BCUT2D eigenvalue weighted by Crippen LogP contribution is -2.47. The molecule has 0 aliphatic carbocycles. The number of hydrogen-bond acceptors (Lipinski definition) is 5. The molecule has 0 bridgehead atoms. The maximum Gasteiger partial charge on any atom is 0.193 e. The van der Waals surface area contributed by atoms with Crippen LogP contribution in [-0.2, 0) is 4.74 Å². The number of morpholine rings is 1. The van der Waals surface area contributed by atoms with E-state index in [-0.39, 0.29) is 24.0 Å². The first-order valence-electron chi connectivity index (χ1n) is 10.4. The van der Waals surface area contributed by atoms with Gasteiger partial charge in [0.1, 0.15) is 0 Å². The van der Waals surface area contributed by atoms with Crippen LogP contribution in [0.15, 0.2) is 22.5 Å². The normalized spacial score (nSPS) is 25.7.